The fourth-order valence-electron chi connectivity index (χ4n) is 2.86. The van der Waals surface area contributed by atoms with Crippen molar-refractivity contribution in [3.8, 4) is 5.75 Å². The Balaban J connectivity index is 0.00000180. The summed E-state index contributed by atoms with van der Waals surface area (Å²) in [6, 6.07) is 3.58. The zero-order chi connectivity index (χ0) is 13.1. The zero-order valence-electron chi connectivity index (χ0n) is 11.5. The average molecular weight is 287 g/mol. The molecule has 1 atom stereocenters. The number of phenolic OH excluding ortho intramolecular Hbond substituents is 1. The van der Waals surface area contributed by atoms with Gasteiger partial charge in [-0.15, -0.1) is 12.4 Å². The number of hydrogen-bond donors (Lipinski definition) is 3. The highest BCUT2D eigenvalue weighted by atomic mass is 35.5. The average Bonchev–Trinajstić information content (AvgIpc) is 2.34. The van der Waals surface area contributed by atoms with Crippen LogP contribution >= 0.6 is 12.4 Å². The number of benzene rings is 1. The van der Waals surface area contributed by atoms with E-state index in [1.54, 1.807) is 12.1 Å². The van der Waals surface area contributed by atoms with E-state index in [4.69, 9.17) is 0 Å². The molecule has 3 N–H and O–H groups in total. The minimum Gasteiger partial charge on any atom is -0.508 e. The van der Waals surface area contributed by atoms with E-state index in [0.29, 0.717) is 5.75 Å². The highest BCUT2D eigenvalue weighted by molar-refractivity contribution is 5.85. The first-order valence-electron chi connectivity index (χ1n) is 6.49. The van der Waals surface area contributed by atoms with Crippen molar-refractivity contribution in [3.63, 3.8) is 0 Å². The van der Waals surface area contributed by atoms with Crippen molar-refractivity contribution in [2.45, 2.75) is 19.9 Å². The fourth-order valence-corrected chi connectivity index (χ4v) is 2.86. The second-order valence-corrected chi connectivity index (χ2v) is 4.98. The molecule has 1 saturated heterocycles. The van der Waals surface area contributed by atoms with E-state index in [-0.39, 0.29) is 25.1 Å². The third-order valence-electron chi connectivity index (χ3n) is 3.68. The first-order valence-corrected chi connectivity index (χ1v) is 6.49. The predicted octanol–water partition coefficient (Wildman–Crippen LogP) is 1.37. The number of nitrogens with zero attached hydrogens (tertiary/aromatic N) is 1. The summed E-state index contributed by atoms with van der Waals surface area (Å²) in [6.07, 6.45) is 0. The van der Waals surface area contributed by atoms with Gasteiger partial charge in [-0.2, -0.15) is 0 Å². The zero-order valence-corrected chi connectivity index (χ0v) is 12.3. The van der Waals surface area contributed by atoms with Crippen LogP contribution in [0.5, 0.6) is 5.75 Å². The maximum Gasteiger partial charge on any atom is 0.116 e. The summed E-state index contributed by atoms with van der Waals surface area (Å²) < 4.78 is 0. The Morgan fingerprint density at radius 3 is 2.21 bits per heavy atom. The fraction of sp³-hybridized carbons (Fsp3) is 0.571. The van der Waals surface area contributed by atoms with Gasteiger partial charge in [-0.3, -0.25) is 4.90 Å². The second-order valence-electron chi connectivity index (χ2n) is 4.98. The van der Waals surface area contributed by atoms with Crippen LogP contribution in [-0.2, 0) is 0 Å². The molecule has 4 nitrogen and oxygen atoms in total. The lowest BCUT2D eigenvalue weighted by atomic mass is 9.94. The van der Waals surface area contributed by atoms with Crippen molar-refractivity contribution in [2.75, 3.05) is 32.8 Å². The van der Waals surface area contributed by atoms with Crippen LogP contribution in [0.15, 0.2) is 12.1 Å². The SMILES string of the molecule is Cc1cc(O)cc(C)c1[C@@H](CO)N1CCNCC1.Cl. The second kappa shape index (κ2) is 7.10. The van der Waals surface area contributed by atoms with E-state index in [1.165, 1.54) is 0 Å². The number of nitrogens with one attached hydrogen (secondary N) is 1. The summed E-state index contributed by atoms with van der Waals surface area (Å²) in [5.41, 5.74) is 3.24. The number of rotatable bonds is 3. The molecule has 0 unspecified atom stereocenters. The first kappa shape index (κ1) is 16.2. The van der Waals surface area contributed by atoms with Crippen LogP contribution in [0.3, 0.4) is 0 Å². The minimum atomic E-state index is 0. The van der Waals surface area contributed by atoms with Crippen molar-refractivity contribution in [3.05, 3.63) is 28.8 Å². The smallest absolute Gasteiger partial charge is 0.116 e. The summed E-state index contributed by atoms with van der Waals surface area (Å²) in [7, 11) is 0. The van der Waals surface area contributed by atoms with Crippen LogP contribution in [0.1, 0.15) is 22.7 Å². The summed E-state index contributed by atoms with van der Waals surface area (Å²) in [5, 5.41) is 22.6. The van der Waals surface area contributed by atoms with Gasteiger partial charge in [0.25, 0.3) is 0 Å². The number of aryl methyl sites for hydroxylation is 2. The van der Waals surface area contributed by atoms with Crippen LogP contribution in [0.25, 0.3) is 0 Å². The molecule has 1 aromatic rings. The Labute approximate surface area is 120 Å². The minimum absolute atomic E-state index is 0. The molecule has 0 bridgehead atoms. The number of hydrogen-bond acceptors (Lipinski definition) is 4. The summed E-state index contributed by atoms with van der Waals surface area (Å²) in [6.45, 7) is 7.93. The van der Waals surface area contributed by atoms with E-state index in [2.05, 4.69) is 10.2 Å². The molecule has 1 fully saturated rings. The van der Waals surface area contributed by atoms with Gasteiger partial charge in [0.05, 0.1) is 12.6 Å². The molecule has 5 heteroatoms. The van der Waals surface area contributed by atoms with Crippen LogP contribution in [0.2, 0.25) is 0 Å². The number of aliphatic hydroxyl groups is 1. The van der Waals surface area contributed by atoms with E-state index in [1.807, 2.05) is 13.8 Å². The normalized spacial score (nSPS) is 17.8. The van der Waals surface area contributed by atoms with Crippen molar-refractivity contribution >= 4 is 12.4 Å². The van der Waals surface area contributed by atoms with Crippen LogP contribution < -0.4 is 5.32 Å². The molecule has 0 radical (unpaired) electrons. The van der Waals surface area contributed by atoms with Gasteiger partial charge in [0.1, 0.15) is 5.75 Å². The summed E-state index contributed by atoms with van der Waals surface area (Å²) >= 11 is 0. The van der Waals surface area contributed by atoms with Gasteiger partial charge < -0.3 is 15.5 Å². The molecule has 1 aromatic carbocycles. The monoisotopic (exact) mass is 286 g/mol. The quantitative estimate of drug-likeness (QED) is 0.786. The first-order chi connectivity index (χ1) is 8.63. The molecule has 1 aliphatic heterocycles. The van der Waals surface area contributed by atoms with Gasteiger partial charge in [-0.05, 0) is 42.7 Å². The maximum atomic E-state index is 9.73. The number of aliphatic hydroxyl groups excluding tert-OH is 1. The molecule has 0 spiro atoms. The molecule has 19 heavy (non-hydrogen) atoms. The Morgan fingerprint density at radius 2 is 1.74 bits per heavy atom. The predicted molar refractivity (Wildman–Crippen MR) is 79.1 cm³/mol. The molecule has 0 aromatic heterocycles. The lowest BCUT2D eigenvalue weighted by Crippen LogP contribution is -2.46. The Hall–Kier alpha value is -0.810. The molecule has 0 amide bonds. The number of halogens is 1. The molecule has 1 heterocycles. The van der Waals surface area contributed by atoms with Gasteiger partial charge in [-0.25, -0.2) is 0 Å². The maximum absolute atomic E-state index is 9.73. The van der Waals surface area contributed by atoms with Crippen LogP contribution in [0.4, 0.5) is 0 Å². The van der Waals surface area contributed by atoms with Crippen molar-refractivity contribution in [1.29, 1.82) is 0 Å². The topological polar surface area (TPSA) is 55.7 Å². The highest BCUT2D eigenvalue weighted by Crippen LogP contribution is 2.30. The number of aromatic hydroxyl groups is 1. The van der Waals surface area contributed by atoms with Gasteiger partial charge in [0.2, 0.25) is 0 Å². The largest absolute Gasteiger partial charge is 0.508 e. The van der Waals surface area contributed by atoms with E-state index in [9.17, 15) is 10.2 Å². The molecule has 0 saturated carbocycles. The summed E-state index contributed by atoms with van der Waals surface area (Å²) in [4.78, 5) is 2.31. The van der Waals surface area contributed by atoms with E-state index >= 15 is 0 Å². The standard InChI is InChI=1S/C14H22N2O2.ClH/c1-10-7-12(18)8-11(2)14(10)13(9-17)16-5-3-15-4-6-16;/h7-8,13,15,17-18H,3-6,9H2,1-2H3;1H/t13-;/m1./s1. The van der Waals surface area contributed by atoms with Gasteiger partial charge in [0, 0.05) is 26.2 Å². The molecule has 0 aliphatic carbocycles. The summed E-state index contributed by atoms with van der Waals surface area (Å²) in [5.74, 6) is 0.297. The van der Waals surface area contributed by atoms with Crippen molar-refractivity contribution in [2.24, 2.45) is 0 Å². The van der Waals surface area contributed by atoms with Crippen LogP contribution in [-0.4, -0.2) is 47.9 Å². The third-order valence-corrected chi connectivity index (χ3v) is 3.68. The number of phenols is 1. The molecular formula is C14H23ClN2O2. The highest BCUT2D eigenvalue weighted by Gasteiger charge is 2.24. The lowest BCUT2D eigenvalue weighted by molar-refractivity contribution is 0.110. The Morgan fingerprint density at radius 1 is 1.21 bits per heavy atom. The van der Waals surface area contributed by atoms with Crippen molar-refractivity contribution < 1.29 is 10.2 Å². The van der Waals surface area contributed by atoms with Gasteiger partial charge in [0.15, 0.2) is 0 Å². The molecule has 1 aliphatic rings. The van der Waals surface area contributed by atoms with Gasteiger partial charge in [-0.1, -0.05) is 0 Å². The van der Waals surface area contributed by atoms with E-state index in [0.717, 1.165) is 42.9 Å². The molecule has 2 rings (SSSR count). The van der Waals surface area contributed by atoms with Gasteiger partial charge >= 0.3 is 0 Å². The Kier molecular flexibility index (Phi) is 6.07. The van der Waals surface area contributed by atoms with Crippen LogP contribution in [0, 0.1) is 13.8 Å². The number of piperazine rings is 1. The Bertz CT molecular complexity index is 397. The third kappa shape index (κ3) is 3.60. The molecular weight excluding hydrogens is 264 g/mol. The van der Waals surface area contributed by atoms with E-state index < -0.39 is 0 Å². The molecule has 108 valence electrons. The lowest BCUT2D eigenvalue weighted by Gasteiger charge is -2.35. The van der Waals surface area contributed by atoms with Crippen molar-refractivity contribution in [1.82, 2.24) is 10.2 Å².